The van der Waals surface area contributed by atoms with Crippen LogP contribution in [0, 0.1) is 6.92 Å². The van der Waals surface area contributed by atoms with Crippen LogP contribution in [0.3, 0.4) is 0 Å². The number of nitrogens with zero attached hydrogens (tertiary/aromatic N) is 2. The number of hydrogen-bond acceptors (Lipinski definition) is 2. The second-order valence-electron chi connectivity index (χ2n) is 1.04. The number of hydrogen-bond donors (Lipinski definition) is 0. The minimum absolute atomic E-state index is 0.902. The Bertz CT molecular complexity index is 70.1. The normalized spacial score (nSPS) is 10.1. The summed E-state index contributed by atoms with van der Waals surface area (Å²) in [5, 5.41) is 3.62. The van der Waals surface area contributed by atoms with Crippen LogP contribution < -0.4 is 0 Å². The zero-order valence-corrected chi connectivity index (χ0v) is 5.65. The van der Waals surface area contributed by atoms with Crippen LogP contribution in [-0.4, -0.2) is 6.21 Å². The van der Waals surface area contributed by atoms with Gasteiger partial charge in [-0.3, -0.25) is 0 Å². The van der Waals surface area contributed by atoms with Gasteiger partial charge in [0.25, 0.3) is 0 Å². The van der Waals surface area contributed by atoms with Crippen molar-refractivity contribution in [3.8, 4) is 0 Å². The van der Waals surface area contributed by atoms with E-state index in [1.807, 2.05) is 0 Å². The molecule has 0 fully saturated rings. The molecule has 0 unspecified atom stereocenters. The van der Waals surface area contributed by atoms with Crippen LogP contribution >= 0.6 is 0 Å². The Kier molecular flexibility index (Phi) is 6.35. The maximum atomic E-state index is 3.62. The van der Waals surface area contributed by atoms with E-state index in [-0.39, 0.29) is 0 Å². The van der Waals surface area contributed by atoms with Crippen LogP contribution in [0.2, 0.25) is 0 Å². The van der Waals surface area contributed by atoms with Crippen LogP contribution in [0.1, 0.15) is 12.8 Å². The molecule has 0 amide bonds. The third-order valence-electron chi connectivity index (χ3n) is 0.473. The maximum absolute atomic E-state index is 3.62. The Morgan fingerprint density at radius 1 is 1.71 bits per heavy atom. The molecular formula is C4H7N2Ti. The fraction of sp³-hybridized carbons (Fsp3) is 0.500. The average molecular weight is 131 g/mol. The Labute approximate surface area is 55.3 Å². The summed E-state index contributed by atoms with van der Waals surface area (Å²) in [4.78, 5) is 0. The van der Waals surface area contributed by atoms with Crippen LogP contribution in [0.5, 0.6) is 0 Å². The first-order valence-corrected chi connectivity index (χ1v) is 2.79. The zero-order valence-electron chi connectivity index (χ0n) is 4.09. The summed E-state index contributed by atoms with van der Waals surface area (Å²) in [6, 6.07) is 0. The van der Waals surface area contributed by atoms with Gasteiger partial charge in [0.05, 0.1) is 0 Å². The van der Waals surface area contributed by atoms with Gasteiger partial charge in [-0.15, -0.1) is 0 Å². The summed E-state index contributed by atoms with van der Waals surface area (Å²) >= 11 is 1.65. The molecule has 0 atom stereocenters. The fourth-order valence-corrected chi connectivity index (χ4v) is 0.317. The number of unbranched alkanes of at least 4 members (excludes halogenated alkanes) is 1. The van der Waals surface area contributed by atoms with Crippen LogP contribution in [0.15, 0.2) is 8.63 Å². The molecule has 2 nitrogen and oxygen atoms in total. The van der Waals surface area contributed by atoms with Crippen molar-refractivity contribution >= 4 is 6.21 Å². The van der Waals surface area contributed by atoms with Crippen molar-refractivity contribution in [2.45, 2.75) is 12.8 Å². The number of rotatable bonds is 3. The van der Waals surface area contributed by atoms with Crippen molar-refractivity contribution in [3.05, 3.63) is 6.92 Å². The summed E-state index contributed by atoms with van der Waals surface area (Å²) in [5.41, 5.74) is 0. The van der Waals surface area contributed by atoms with E-state index in [2.05, 4.69) is 15.6 Å². The molecule has 0 aliphatic rings. The topological polar surface area (TPSA) is 24.7 Å². The Morgan fingerprint density at radius 2 is 2.43 bits per heavy atom. The van der Waals surface area contributed by atoms with E-state index in [4.69, 9.17) is 0 Å². The first kappa shape index (κ1) is 7.18. The molecule has 37 valence electrons. The molecular weight excluding hydrogens is 124 g/mol. The van der Waals surface area contributed by atoms with Gasteiger partial charge >= 0.3 is 54.9 Å². The van der Waals surface area contributed by atoms with Gasteiger partial charge in [-0.1, -0.05) is 0 Å². The second kappa shape index (κ2) is 6.18. The first-order valence-electron chi connectivity index (χ1n) is 2.09. The summed E-state index contributed by atoms with van der Waals surface area (Å²) in [6.45, 7) is 3.62. The molecule has 0 radical (unpaired) electrons. The summed E-state index contributed by atoms with van der Waals surface area (Å²) < 4.78 is 3.51. The monoisotopic (exact) mass is 131 g/mol. The molecule has 0 spiro atoms. The van der Waals surface area contributed by atoms with Gasteiger partial charge < -0.3 is 0 Å². The van der Waals surface area contributed by atoms with Crippen LogP contribution in [-0.2, 0) is 20.3 Å². The van der Waals surface area contributed by atoms with Crippen molar-refractivity contribution in [1.82, 2.24) is 0 Å². The summed E-state index contributed by atoms with van der Waals surface area (Å²) in [6.07, 6.45) is 3.59. The summed E-state index contributed by atoms with van der Waals surface area (Å²) in [7, 11) is 0. The predicted octanol–water partition coefficient (Wildman–Crippen LogP) is 1.32. The van der Waals surface area contributed by atoms with E-state index in [1.54, 1.807) is 26.5 Å². The zero-order chi connectivity index (χ0) is 5.54. The van der Waals surface area contributed by atoms with Gasteiger partial charge in [-0.05, 0) is 0 Å². The van der Waals surface area contributed by atoms with Crippen molar-refractivity contribution in [2.75, 3.05) is 0 Å². The Morgan fingerprint density at radius 3 is 2.86 bits per heavy atom. The van der Waals surface area contributed by atoms with Crippen molar-refractivity contribution < 1.29 is 20.3 Å². The molecule has 0 aromatic carbocycles. The van der Waals surface area contributed by atoms with Crippen molar-refractivity contribution in [1.29, 1.82) is 0 Å². The van der Waals surface area contributed by atoms with E-state index in [0.717, 1.165) is 12.8 Å². The van der Waals surface area contributed by atoms with Gasteiger partial charge in [0.1, 0.15) is 0 Å². The van der Waals surface area contributed by atoms with Crippen LogP contribution in [0.25, 0.3) is 0 Å². The molecule has 0 aliphatic heterocycles. The SMILES string of the molecule is [CH2-]CCC=N[N]=[Ti+]. The standard InChI is InChI=1S/C4H7N2.Ti/c1-2-3-4-6-5;/h4H,1-3H2;/q-1;+1. The van der Waals surface area contributed by atoms with Gasteiger partial charge in [0.2, 0.25) is 0 Å². The molecule has 3 heteroatoms. The van der Waals surface area contributed by atoms with Gasteiger partial charge in [-0.25, -0.2) is 0 Å². The molecule has 7 heavy (non-hydrogen) atoms. The summed E-state index contributed by atoms with van der Waals surface area (Å²) in [5.74, 6) is 0. The third-order valence-corrected chi connectivity index (χ3v) is 0.653. The average Bonchev–Trinajstić information content (AvgIpc) is 1.69. The van der Waals surface area contributed by atoms with E-state index >= 15 is 0 Å². The first-order chi connectivity index (χ1) is 3.41. The molecule has 0 saturated heterocycles. The fourth-order valence-electron chi connectivity index (χ4n) is 0.190. The Balaban J connectivity index is 2.92. The molecule has 0 rings (SSSR count). The van der Waals surface area contributed by atoms with E-state index in [9.17, 15) is 0 Å². The van der Waals surface area contributed by atoms with E-state index < -0.39 is 0 Å². The Hall–Kier alpha value is 0.184. The van der Waals surface area contributed by atoms with Gasteiger partial charge in [-0.2, -0.15) is 0 Å². The molecule has 0 aromatic rings. The predicted molar refractivity (Wildman–Crippen MR) is 25.5 cm³/mol. The third kappa shape index (κ3) is 6.18. The van der Waals surface area contributed by atoms with Crippen molar-refractivity contribution in [3.63, 3.8) is 0 Å². The van der Waals surface area contributed by atoms with Gasteiger partial charge in [0.15, 0.2) is 0 Å². The molecule has 0 aliphatic carbocycles. The van der Waals surface area contributed by atoms with Crippen LogP contribution in [0.4, 0.5) is 0 Å². The molecule has 0 saturated carbocycles. The molecule has 0 aromatic heterocycles. The second-order valence-corrected chi connectivity index (χ2v) is 1.35. The van der Waals surface area contributed by atoms with E-state index in [1.165, 1.54) is 0 Å². The van der Waals surface area contributed by atoms with Crippen molar-refractivity contribution in [2.24, 2.45) is 8.63 Å². The van der Waals surface area contributed by atoms with Gasteiger partial charge in [0, 0.05) is 0 Å². The molecule has 0 bridgehead atoms. The molecule has 0 N–H and O–H groups in total. The minimum atomic E-state index is 0.902. The quantitative estimate of drug-likeness (QED) is 0.239. The molecule has 0 heterocycles. The van der Waals surface area contributed by atoms with E-state index in [0.29, 0.717) is 0 Å².